The summed E-state index contributed by atoms with van der Waals surface area (Å²) in [5, 5.41) is 2.43. The number of aromatic nitrogens is 1. The van der Waals surface area contributed by atoms with Gasteiger partial charge in [-0.15, -0.1) is 0 Å². The lowest BCUT2D eigenvalue weighted by Crippen LogP contribution is -2.37. The number of allylic oxidation sites excluding steroid dienone is 2. The predicted octanol–water partition coefficient (Wildman–Crippen LogP) is 5.54. The summed E-state index contributed by atoms with van der Waals surface area (Å²) in [7, 11) is 1.48. The average Bonchev–Trinajstić information content (AvgIpc) is 2.75. The van der Waals surface area contributed by atoms with E-state index in [0.717, 1.165) is 22.3 Å². The molecular formula is C22H21BrF4N2O3. The van der Waals surface area contributed by atoms with Crippen LogP contribution in [0.2, 0.25) is 0 Å². The predicted molar refractivity (Wildman–Crippen MR) is 113 cm³/mol. The van der Waals surface area contributed by atoms with E-state index < -0.39 is 29.4 Å². The van der Waals surface area contributed by atoms with Gasteiger partial charge in [0.2, 0.25) is 5.91 Å². The van der Waals surface area contributed by atoms with Crippen molar-refractivity contribution in [2.45, 2.75) is 18.5 Å². The van der Waals surface area contributed by atoms with Crippen LogP contribution in [0, 0.1) is 17.7 Å². The second-order valence-electron chi connectivity index (χ2n) is 7.32. The van der Waals surface area contributed by atoms with Crippen LogP contribution in [0.4, 0.5) is 23.2 Å². The molecule has 1 amide bonds. The first-order chi connectivity index (χ1) is 15.2. The van der Waals surface area contributed by atoms with Gasteiger partial charge in [-0.2, -0.15) is 13.2 Å². The molecule has 1 heterocycles. The number of nitrogens with one attached hydrogen (secondary N) is 1. The summed E-state index contributed by atoms with van der Waals surface area (Å²) < 4.78 is 63.9. The van der Waals surface area contributed by atoms with E-state index in [1.165, 1.54) is 7.11 Å². The molecule has 2 aromatic rings. The molecule has 3 rings (SSSR count). The second kappa shape index (κ2) is 10.5. The Balaban J connectivity index is 1.83. The number of anilines is 1. The molecule has 1 aliphatic carbocycles. The van der Waals surface area contributed by atoms with Crippen molar-refractivity contribution < 1.29 is 31.8 Å². The molecule has 0 saturated heterocycles. The minimum atomic E-state index is -4.67. The van der Waals surface area contributed by atoms with Crippen LogP contribution in [-0.4, -0.2) is 31.4 Å². The molecular weight excluding hydrogens is 496 g/mol. The van der Waals surface area contributed by atoms with E-state index in [1.807, 2.05) is 24.3 Å². The lowest BCUT2D eigenvalue weighted by Gasteiger charge is -2.33. The molecule has 10 heteroatoms. The molecule has 0 spiro atoms. The van der Waals surface area contributed by atoms with Crippen molar-refractivity contribution in [1.82, 2.24) is 4.98 Å². The number of carbonyl (C=O) groups is 1. The third-order valence-electron chi connectivity index (χ3n) is 5.21. The van der Waals surface area contributed by atoms with Crippen molar-refractivity contribution in [2.75, 3.05) is 25.8 Å². The van der Waals surface area contributed by atoms with E-state index in [2.05, 4.69) is 26.2 Å². The molecule has 3 atom stereocenters. The number of nitrogens with zero attached hydrogens (tertiary/aromatic N) is 1. The summed E-state index contributed by atoms with van der Waals surface area (Å²) in [6.45, 7) is 0.205. The Kier molecular flexibility index (Phi) is 8.02. The van der Waals surface area contributed by atoms with E-state index in [-0.39, 0.29) is 30.9 Å². The normalized spacial score (nSPS) is 20.9. The van der Waals surface area contributed by atoms with Gasteiger partial charge in [0.05, 0.1) is 17.9 Å². The van der Waals surface area contributed by atoms with E-state index >= 15 is 0 Å². The zero-order valence-corrected chi connectivity index (χ0v) is 18.6. The molecule has 0 fully saturated rings. The van der Waals surface area contributed by atoms with Gasteiger partial charge >= 0.3 is 6.18 Å². The van der Waals surface area contributed by atoms with Gasteiger partial charge < -0.3 is 14.8 Å². The highest BCUT2D eigenvalue weighted by Crippen LogP contribution is 2.38. The SMILES string of the molecule is COCOC[C@@H]1[C@@H](c2ccc(Br)cn2)C=CC[C@H]1C(=O)Nc1ccc(C(F)(F)F)cc1F. The van der Waals surface area contributed by atoms with Gasteiger partial charge in [-0.25, -0.2) is 4.39 Å². The number of methoxy groups -OCH3 is 1. The van der Waals surface area contributed by atoms with Gasteiger partial charge in [0.15, 0.2) is 0 Å². The van der Waals surface area contributed by atoms with E-state index in [4.69, 9.17) is 9.47 Å². The fraction of sp³-hybridized carbons (Fsp3) is 0.364. The van der Waals surface area contributed by atoms with E-state index in [0.29, 0.717) is 12.5 Å². The Hall–Kier alpha value is -2.30. The number of hydrogen-bond acceptors (Lipinski definition) is 4. The number of carbonyl (C=O) groups excluding carboxylic acids is 1. The number of rotatable bonds is 7. The zero-order chi connectivity index (χ0) is 23.3. The second-order valence-corrected chi connectivity index (χ2v) is 8.24. The molecule has 1 aromatic carbocycles. The van der Waals surface area contributed by atoms with Crippen LogP contribution in [0.3, 0.4) is 0 Å². The molecule has 1 aromatic heterocycles. The van der Waals surface area contributed by atoms with Crippen LogP contribution in [0.1, 0.15) is 23.6 Å². The number of benzene rings is 1. The molecule has 0 bridgehead atoms. The molecule has 32 heavy (non-hydrogen) atoms. The van der Waals surface area contributed by atoms with Crippen molar-refractivity contribution in [3.8, 4) is 0 Å². The minimum Gasteiger partial charge on any atom is -0.359 e. The Morgan fingerprint density at radius 3 is 2.69 bits per heavy atom. The zero-order valence-electron chi connectivity index (χ0n) is 17.0. The Labute approximate surface area is 190 Å². The van der Waals surface area contributed by atoms with Crippen molar-refractivity contribution in [2.24, 2.45) is 11.8 Å². The third kappa shape index (κ3) is 5.93. The Morgan fingerprint density at radius 2 is 2.06 bits per heavy atom. The maximum atomic E-state index is 14.2. The topological polar surface area (TPSA) is 60.5 Å². The van der Waals surface area contributed by atoms with Crippen molar-refractivity contribution in [1.29, 1.82) is 0 Å². The first-order valence-corrected chi connectivity index (χ1v) is 10.5. The van der Waals surface area contributed by atoms with E-state index in [9.17, 15) is 22.4 Å². The minimum absolute atomic E-state index is 0.0303. The standard InChI is InChI=1S/C22H21BrF4N2O3/c1-31-12-32-11-17-15(19-8-6-14(23)10-28-19)3-2-4-16(17)21(30)29-20-7-5-13(9-18(20)24)22(25,26)27/h2-3,5-10,15-17H,4,11-12H2,1H3,(H,29,30)/t15-,16+,17+/m0/s1. The smallest absolute Gasteiger partial charge is 0.359 e. The number of alkyl halides is 3. The molecule has 5 nitrogen and oxygen atoms in total. The van der Waals surface area contributed by atoms with Crippen LogP contribution < -0.4 is 5.32 Å². The number of ether oxygens (including phenoxy) is 2. The van der Waals surface area contributed by atoms with Crippen LogP contribution in [0.5, 0.6) is 0 Å². The van der Waals surface area contributed by atoms with Gasteiger partial charge in [-0.1, -0.05) is 12.2 Å². The van der Waals surface area contributed by atoms with Crippen LogP contribution >= 0.6 is 15.9 Å². The monoisotopic (exact) mass is 516 g/mol. The molecule has 1 aliphatic rings. The molecule has 172 valence electrons. The fourth-order valence-electron chi connectivity index (χ4n) is 3.65. The fourth-order valence-corrected chi connectivity index (χ4v) is 3.88. The van der Waals surface area contributed by atoms with E-state index in [1.54, 1.807) is 6.20 Å². The number of hydrogen-bond donors (Lipinski definition) is 1. The van der Waals surface area contributed by atoms with Gasteiger partial charge in [-0.05, 0) is 52.7 Å². The third-order valence-corrected chi connectivity index (χ3v) is 5.67. The molecule has 1 N–H and O–H groups in total. The summed E-state index contributed by atoms with van der Waals surface area (Å²) in [6, 6.07) is 5.68. The van der Waals surface area contributed by atoms with Crippen molar-refractivity contribution >= 4 is 27.5 Å². The van der Waals surface area contributed by atoms with Crippen LogP contribution in [-0.2, 0) is 20.4 Å². The summed E-state index contributed by atoms with van der Waals surface area (Å²) in [5.74, 6) is -2.88. The van der Waals surface area contributed by atoms with Gasteiger partial charge in [0.1, 0.15) is 12.6 Å². The summed E-state index contributed by atoms with van der Waals surface area (Å²) >= 11 is 3.34. The lowest BCUT2D eigenvalue weighted by atomic mass is 9.74. The highest BCUT2D eigenvalue weighted by molar-refractivity contribution is 9.10. The Bertz CT molecular complexity index is 967. The largest absolute Gasteiger partial charge is 0.416 e. The average molecular weight is 517 g/mol. The van der Waals surface area contributed by atoms with Gasteiger partial charge in [-0.3, -0.25) is 9.78 Å². The summed E-state index contributed by atoms with van der Waals surface area (Å²) in [4.78, 5) is 17.4. The van der Waals surface area contributed by atoms with Gasteiger partial charge in [0.25, 0.3) is 0 Å². The molecule has 0 aliphatic heterocycles. The maximum absolute atomic E-state index is 14.2. The highest BCUT2D eigenvalue weighted by Gasteiger charge is 2.37. The molecule has 0 radical (unpaired) electrons. The lowest BCUT2D eigenvalue weighted by molar-refractivity contribution is -0.137. The van der Waals surface area contributed by atoms with Gasteiger partial charge in [0, 0.05) is 41.2 Å². The number of halogens is 5. The summed E-state index contributed by atoms with van der Waals surface area (Å²) in [6.07, 6.45) is 1.12. The van der Waals surface area contributed by atoms with Crippen LogP contribution in [0.25, 0.3) is 0 Å². The first kappa shape index (κ1) is 24.3. The number of pyridine rings is 1. The highest BCUT2D eigenvalue weighted by atomic mass is 79.9. The molecule has 0 saturated carbocycles. The van der Waals surface area contributed by atoms with Crippen molar-refractivity contribution in [3.63, 3.8) is 0 Å². The number of amides is 1. The Morgan fingerprint density at radius 1 is 1.28 bits per heavy atom. The van der Waals surface area contributed by atoms with Crippen molar-refractivity contribution in [3.05, 3.63) is 70.2 Å². The molecule has 0 unspecified atom stereocenters. The first-order valence-electron chi connectivity index (χ1n) is 9.73. The summed E-state index contributed by atoms with van der Waals surface area (Å²) in [5.41, 5.74) is -0.707. The quantitative estimate of drug-likeness (QED) is 0.227. The maximum Gasteiger partial charge on any atom is 0.416 e. The van der Waals surface area contributed by atoms with Crippen LogP contribution in [0.15, 0.2) is 53.2 Å².